The summed E-state index contributed by atoms with van der Waals surface area (Å²) in [5.74, 6) is -0.245. The van der Waals surface area contributed by atoms with E-state index in [1.54, 1.807) is 6.92 Å². The molecule has 16 heavy (non-hydrogen) atoms. The molecule has 0 radical (unpaired) electrons. The van der Waals surface area contributed by atoms with Gasteiger partial charge in [-0.25, -0.2) is 0 Å². The molecule has 1 N–H and O–H groups in total. The van der Waals surface area contributed by atoms with Gasteiger partial charge >= 0.3 is 5.97 Å². The van der Waals surface area contributed by atoms with Gasteiger partial charge in [0.05, 0.1) is 18.6 Å². The van der Waals surface area contributed by atoms with E-state index in [1.165, 1.54) is 0 Å². The van der Waals surface area contributed by atoms with Crippen molar-refractivity contribution >= 4 is 22.8 Å². The third-order valence-electron chi connectivity index (χ3n) is 2.93. The molecule has 0 amide bonds. The minimum Gasteiger partial charge on any atom is -0.466 e. The molecule has 0 aliphatic heterocycles. The highest BCUT2D eigenvalue weighted by molar-refractivity contribution is 6.65. The number of carbonyl (C=O) groups is 2. The predicted molar refractivity (Wildman–Crippen MR) is 61.3 cm³/mol. The molecule has 1 fully saturated rings. The van der Waals surface area contributed by atoms with Crippen molar-refractivity contribution in [2.45, 2.75) is 44.6 Å². The van der Waals surface area contributed by atoms with E-state index in [0.29, 0.717) is 13.2 Å². The second kappa shape index (κ2) is 6.21. The van der Waals surface area contributed by atoms with Crippen molar-refractivity contribution in [1.29, 1.82) is 0 Å². The number of hydrogen-bond donors (Lipinski definition) is 1. The molecule has 0 heterocycles. The quantitative estimate of drug-likeness (QED) is 0.572. The zero-order valence-corrected chi connectivity index (χ0v) is 10.3. The first-order chi connectivity index (χ1) is 7.60. The van der Waals surface area contributed by atoms with Crippen LogP contribution in [0.4, 0.5) is 0 Å². The van der Waals surface area contributed by atoms with Gasteiger partial charge in [0.25, 0.3) is 0 Å². The number of esters is 1. The van der Waals surface area contributed by atoms with Gasteiger partial charge in [-0.1, -0.05) is 12.8 Å². The zero-order chi connectivity index (χ0) is 12.0. The highest BCUT2D eigenvalue weighted by Gasteiger charge is 2.39. The number of hydrogen-bond acceptors (Lipinski definition) is 4. The van der Waals surface area contributed by atoms with Crippen LogP contribution in [0.3, 0.4) is 0 Å². The molecule has 92 valence electrons. The first kappa shape index (κ1) is 13.5. The van der Waals surface area contributed by atoms with Gasteiger partial charge < -0.3 is 10.1 Å². The molecule has 0 aromatic carbocycles. The molecule has 1 aliphatic carbocycles. The lowest BCUT2D eigenvalue weighted by Crippen LogP contribution is -2.48. The number of halogens is 1. The third-order valence-corrected chi connectivity index (χ3v) is 3.29. The fourth-order valence-corrected chi connectivity index (χ4v) is 2.31. The van der Waals surface area contributed by atoms with Crippen molar-refractivity contribution in [3.63, 3.8) is 0 Å². The van der Waals surface area contributed by atoms with Gasteiger partial charge in [-0.05, 0) is 31.4 Å². The largest absolute Gasteiger partial charge is 0.466 e. The fourth-order valence-electron chi connectivity index (χ4n) is 2.06. The molecule has 0 saturated heterocycles. The highest BCUT2D eigenvalue weighted by atomic mass is 35.5. The minimum atomic E-state index is -0.603. The summed E-state index contributed by atoms with van der Waals surface area (Å²) >= 11 is 5.60. The van der Waals surface area contributed by atoms with Crippen molar-refractivity contribution in [3.05, 3.63) is 0 Å². The molecular formula is C11H18ClNO3. The van der Waals surface area contributed by atoms with E-state index >= 15 is 0 Å². The Morgan fingerprint density at radius 2 is 2.00 bits per heavy atom. The van der Waals surface area contributed by atoms with E-state index in [2.05, 4.69) is 5.32 Å². The number of carbonyl (C=O) groups excluding carboxylic acids is 2. The lowest BCUT2D eigenvalue weighted by Gasteiger charge is -2.25. The molecule has 1 saturated carbocycles. The summed E-state index contributed by atoms with van der Waals surface area (Å²) in [5.41, 5.74) is -0.603. The van der Waals surface area contributed by atoms with Crippen molar-refractivity contribution in [2.24, 2.45) is 0 Å². The van der Waals surface area contributed by atoms with Crippen molar-refractivity contribution in [2.75, 3.05) is 13.2 Å². The van der Waals surface area contributed by atoms with E-state index in [4.69, 9.17) is 16.3 Å². The Kier molecular flexibility index (Phi) is 5.22. The van der Waals surface area contributed by atoms with Crippen LogP contribution in [0.25, 0.3) is 0 Å². The SMILES string of the molecule is CCOC(=O)CCNC1(C(=O)Cl)CCCC1. The van der Waals surface area contributed by atoms with E-state index in [1.807, 2.05) is 0 Å². The topological polar surface area (TPSA) is 55.4 Å². The smallest absolute Gasteiger partial charge is 0.307 e. The molecular weight excluding hydrogens is 230 g/mol. The van der Waals surface area contributed by atoms with Crippen LogP contribution in [-0.2, 0) is 14.3 Å². The van der Waals surface area contributed by atoms with Gasteiger partial charge in [0.1, 0.15) is 0 Å². The Bertz CT molecular complexity index is 262. The molecule has 0 unspecified atom stereocenters. The molecule has 1 rings (SSSR count). The lowest BCUT2D eigenvalue weighted by molar-refractivity contribution is -0.143. The van der Waals surface area contributed by atoms with Crippen molar-refractivity contribution in [1.82, 2.24) is 5.32 Å². The van der Waals surface area contributed by atoms with Crippen molar-refractivity contribution < 1.29 is 14.3 Å². The maximum Gasteiger partial charge on any atom is 0.307 e. The summed E-state index contributed by atoms with van der Waals surface area (Å²) in [4.78, 5) is 22.5. The van der Waals surface area contributed by atoms with Crippen molar-refractivity contribution in [3.8, 4) is 0 Å². The number of nitrogens with one attached hydrogen (secondary N) is 1. The maximum absolute atomic E-state index is 11.4. The first-order valence-corrected chi connectivity index (χ1v) is 6.09. The van der Waals surface area contributed by atoms with Gasteiger partial charge in [-0.3, -0.25) is 9.59 Å². The Labute approximate surface area is 101 Å². The van der Waals surface area contributed by atoms with E-state index in [9.17, 15) is 9.59 Å². The first-order valence-electron chi connectivity index (χ1n) is 5.71. The van der Waals surface area contributed by atoms with Crippen LogP contribution < -0.4 is 5.32 Å². The van der Waals surface area contributed by atoms with Crippen LogP contribution in [0, 0.1) is 0 Å². The molecule has 4 nitrogen and oxygen atoms in total. The summed E-state index contributed by atoms with van der Waals surface area (Å²) in [6.07, 6.45) is 3.81. The Morgan fingerprint density at radius 1 is 1.38 bits per heavy atom. The predicted octanol–water partition coefficient (Wildman–Crippen LogP) is 1.61. The minimum absolute atomic E-state index is 0.245. The molecule has 0 spiro atoms. The molecule has 0 aromatic heterocycles. The summed E-state index contributed by atoms with van der Waals surface area (Å²) in [6, 6.07) is 0. The normalized spacial score (nSPS) is 18.4. The van der Waals surface area contributed by atoms with E-state index in [0.717, 1.165) is 25.7 Å². The van der Waals surface area contributed by atoms with Crippen LogP contribution >= 0.6 is 11.6 Å². The fraction of sp³-hybridized carbons (Fsp3) is 0.818. The summed E-state index contributed by atoms with van der Waals surface area (Å²) in [7, 11) is 0. The summed E-state index contributed by atoms with van der Waals surface area (Å²) in [5, 5.41) is 2.76. The van der Waals surface area contributed by atoms with Gasteiger partial charge in [-0.15, -0.1) is 0 Å². The zero-order valence-electron chi connectivity index (χ0n) is 9.55. The third kappa shape index (κ3) is 3.46. The van der Waals surface area contributed by atoms with E-state index < -0.39 is 5.54 Å². The Morgan fingerprint density at radius 3 is 2.50 bits per heavy atom. The Balaban J connectivity index is 2.34. The van der Waals surface area contributed by atoms with Gasteiger partial charge in [0.15, 0.2) is 0 Å². The second-order valence-corrected chi connectivity index (χ2v) is 4.39. The summed E-state index contributed by atoms with van der Waals surface area (Å²) in [6.45, 7) is 2.60. The van der Waals surface area contributed by atoms with Crippen LogP contribution in [-0.4, -0.2) is 29.9 Å². The summed E-state index contributed by atoms with van der Waals surface area (Å²) < 4.78 is 4.80. The van der Waals surface area contributed by atoms with Gasteiger partial charge in [0.2, 0.25) is 5.24 Å². The van der Waals surface area contributed by atoms with Crippen LogP contribution in [0.1, 0.15) is 39.0 Å². The van der Waals surface area contributed by atoms with Crippen LogP contribution in [0.15, 0.2) is 0 Å². The average Bonchev–Trinajstić information content (AvgIpc) is 2.68. The van der Waals surface area contributed by atoms with Gasteiger partial charge in [-0.2, -0.15) is 0 Å². The number of rotatable bonds is 6. The Hall–Kier alpha value is -0.610. The molecule has 0 bridgehead atoms. The molecule has 0 aromatic rings. The average molecular weight is 248 g/mol. The maximum atomic E-state index is 11.4. The molecule has 0 atom stereocenters. The highest BCUT2D eigenvalue weighted by Crippen LogP contribution is 2.31. The standard InChI is InChI=1S/C11H18ClNO3/c1-2-16-9(14)5-8-13-11(10(12)15)6-3-4-7-11/h13H,2-8H2,1H3. The monoisotopic (exact) mass is 247 g/mol. The molecule has 1 aliphatic rings. The van der Waals surface area contributed by atoms with Crippen LogP contribution in [0.2, 0.25) is 0 Å². The van der Waals surface area contributed by atoms with Crippen LogP contribution in [0.5, 0.6) is 0 Å². The molecule has 5 heteroatoms. The second-order valence-electron chi connectivity index (χ2n) is 4.04. The number of ether oxygens (including phenoxy) is 1. The van der Waals surface area contributed by atoms with E-state index in [-0.39, 0.29) is 17.6 Å². The van der Waals surface area contributed by atoms with Gasteiger partial charge in [0, 0.05) is 6.54 Å². The lowest BCUT2D eigenvalue weighted by atomic mass is 9.99.